The van der Waals surface area contributed by atoms with Crippen molar-refractivity contribution < 1.29 is 19.7 Å². The van der Waals surface area contributed by atoms with E-state index >= 15 is 0 Å². The van der Waals surface area contributed by atoms with E-state index in [1.807, 2.05) is 13.8 Å². The third kappa shape index (κ3) is 3.37. The minimum absolute atomic E-state index is 0.0739. The van der Waals surface area contributed by atoms with E-state index in [1.165, 1.54) is 0 Å². The lowest BCUT2D eigenvalue weighted by Crippen LogP contribution is -2.38. The first-order valence-electron chi connectivity index (χ1n) is 6.04. The maximum Gasteiger partial charge on any atom is 0.166 e. The van der Waals surface area contributed by atoms with Crippen LogP contribution in [0.4, 0.5) is 0 Å². The first-order chi connectivity index (χ1) is 8.42. The van der Waals surface area contributed by atoms with Gasteiger partial charge < -0.3 is 19.7 Å². The minimum atomic E-state index is -0.923. The predicted molar refractivity (Wildman–Crippen MR) is 69.9 cm³/mol. The molecule has 18 heavy (non-hydrogen) atoms. The summed E-state index contributed by atoms with van der Waals surface area (Å²) >= 11 is 0. The largest absolute Gasteiger partial charge is 0.493 e. The molecule has 2 N–H and O–H groups in total. The Kier molecular flexibility index (Phi) is 4.99. The third-order valence-corrected chi connectivity index (χ3v) is 3.20. The zero-order chi connectivity index (χ0) is 13.8. The van der Waals surface area contributed by atoms with Crippen LogP contribution >= 0.6 is 0 Å². The summed E-state index contributed by atoms with van der Waals surface area (Å²) < 4.78 is 10.8. The van der Waals surface area contributed by atoms with Crippen LogP contribution in [0.3, 0.4) is 0 Å². The van der Waals surface area contributed by atoms with E-state index in [0.29, 0.717) is 17.1 Å². The maximum atomic E-state index is 10.2. The van der Waals surface area contributed by atoms with Crippen molar-refractivity contribution in [1.29, 1.82) is 0 Å². The molecule has 0 saturated carbocycles. The first kappa shape index (κ1) is 14.8. The molecule has 4 nitrogen and oxygen atoms in total. The van der Waals surface area contributed by atoms with Gasteiger partial charge in [-0.05, 0) is 18.9 Å². The summed E-state index contributed by atoms with van der Waals surface area (Å²) in [5.74, 6) is 1.12. The van der Waals surface area contributed by atoms with Crippen molar-refractivity contribution in [2.45, 2.75) is 33.0 Å². The number of hydrogen-bond donors (Lipinski definition) is 2. The molecule has 1 aromatic rings. The molecule has 1 atom stereocenters. The maximum absolute atomic E-state index is 10.2. The molecular formula is C14H22O4. The SMILES string of the molecule is COc1cccc(CO)c1OCC(C)(O)C(C)C. The Morgan fingerprint density at radius 3 is 2.50 bits per heavy atom. The Balaban J connectivity index is 2.90. The van der Waals surface area contributed by atoms with Crippen LogP contribution in [0.25, 0.3) is 0 Å². The zero-order valence-electron chi connectivity index (χ0n) is 11.4. The van der Waals surface area contributed by atoms with Crippen molar-refractivity contribution in [2.24, 2.45) is 5.92 Å². The van der Waals surface area contributed by atoms with E-state index in [0.717, 1.165) is 0 Å². The van der Waals surface area contributed by atoms with Gasteiger partial charge >= 0.3 is 0 Å². The molecule has 0 aromatic heterocycles. The van der Waals surface area contributed by atoms with Crippen molar-refractivity contribution in [1.82, 2.24) is 0 Å². The molecule has 0 fully saturated rings. The van der Waals surface area contributed by atoms with Crippen molar-refractivity contribution in [3.05, 3.63) is 23.8 Å². The van der Waals surface area contributed by atoms with Crippen LogP contribution in [0.1, 0.15) is 26.3 Å². The fourth-order valence-electron chi connectivity index (χ4n) is 1.40. The van der Waals surface area contributed by atoms with E-state index in [9.17, 15) is 10.2 Å². The molecule has 1 rings (SSSR count). The molecule has 0 radical (unpaired) electrons. The molecule has 1 unspecified atom stereocenters. The van der Waals surface area contributed by atoms with Gasteiger partial charge in [-0.25, -0.2) is 0 Å². The highest BCUT2D eigenvalue weighted by Gasteiger charge is 2.26. The van der Waals surface area contributed by atoms with E-state index in [4.69, 9.17) is 9.47 Å². The Morgan fingerprint density at radius 2 is 2.00 bits per heavy atom. The third-order valence-electron chi connectivity index (χ3n) is 3.20. The first-order valence-corrected chi connectivity index (χ1v) is 6.04. The second-order valence-corrected chi connectivity index (χ2v) is 4.91. The zero-order valence-corrected chi connectivity index (χ0v) is 11.4. The van der Waals surface area contributed by atoms with Crippen LogP contribution in [0.2, 0.25) is 0 Å². The summed E-state index contributed by atoms with van der Waals surface area (Å²) in [4.78, 5) is 0. The lowest BCUT2D eigenvalue weighted by Gasteiger charge is -2.28. The Morgan fingerprint density at radius 1 is 1.33 bits per heavy atom. The highest BCUT2D eigenvalue weighted by atomic mass is 16.5. The Hall–Kier alpha value is -1.26. The Labute approximate surface area is 108 Å². The molecular weight excluding hydrogens is 232 g/mol. The average Bonchev–Trinajstić information content (AvgIpc) is 2.35. The monoisotopic (exact) mass is 254 g/mol. The summed E-state index contributed by atoms with van der Waals surface area (Å²) in [5, 5.41) is 19.4. The highest BCUT2D eigenvalue weighted by molar-refractivity contribution is 5.46. The molecule has 4 heteroatoms. The van der Waals surface area contributed by atoms with Gasteiger partial charge in [-0.3, -0.25) is 0 Å². The number of aliphatic hydroxyl groups is 2. The van der Waals surface area contributed by atoms with Gasteiger partial charge in [-0.15, -0.1) is 0 Å². The summed E-state index contributed by atoms with van der Waals surface area (Å²) in [6.07, 6.45) is 0. The van der Waals surface area contributed by atoms with Gasteiger partial charge in [-0.1, -0.05) is 26.0 Å². The molecule has 0 aliphatic rings. The van der Waals surface area contributed by atoms with Crippen molar-refractivity contribution in [2.75, 3.05) is 13.7 Å². The average molecular weight is 254 g/mol. The molecule has 0 bridgehead atoms. The predicted octanol–water partition coefficient (Wildman–Crippen LogP) is 1.97. The Bertz CT molecular complexity index is 363. The summed E-state index contributed by atoms with van der Waals surface area (Å²) in [7, 11) is 1.55. The van der Waals surface area contributed by atoms with Crippen LogP contribution in [-0.4, -0.2) is 29.5 Å². The van der Waals surface area contributed by atoms with Gasteiger partial charge in [0, 0.05) is 5.56 Å². The van der Waals surface area contributed by atoms with Crippen molar-refractivity contribution >= 4 is 0 Å². The van der Waals surface area contributed by atoms with Gasteiger partial charge in [0.1, 0.15) is 6.61 Å². The molecule has 1 aromatic carbocycles. The number of methoxy groups -OCH3 is 1. The summed E-state index contributed by atoms with van der Waals surface area (Å²) in [5.41, 5.74) is -0.276. The van der Waals surface area contributed by atoms with Crippen LogP contribution < -0.4 is 9.47 Å². The molecule has 0 aliphatic carbocycles. The lowest BCUT2D eigenvalue weighted by atomic mass is 9.94. The number of benzene rings is 1. The molecule has 102 valence electrons. The minimum Gasteiger partial charge on any atom is -0.493 e. The van der Waals surface area contributed by atoms with E-state index in [1.54, 1.807) is 32.2 Å². The van der Waals surface area contributed by atoms with Gasteiger partial charge in [0.05, 0.1) is 19.3 Å². The van der Waals surface area contributed by atoms with E-state index in [2.05, 4.69) is 0 Å². The van der Waals surface area contributed by atoms with E-state index < -0.39 is 5.60 Å². The fraction of sp³-hybridized carbons (Fsp3) is 0.571. The summed E-state index contributed by atoms with van der Waals surface area (Å²) in [6.45, 7) is 5.61. The molecule has 0 amide bonds. The molecule has 0 saturated heterocycles. The van der Waals surface area contributed by atoms with Gasteiger partial charge in [-0.2, -0.15) is 0 Å². The van der Waals surface area contributed by atoms with Crippen LogP contribution in [0.15, 0.2) is 18.2 Å². The summed E-state index contributed by atoms with van der Waals surface area (Å²) in [6, 6.07) is 5.32. The fourth-order valence-corrected chi connectivity index (χ4v) is 1.40. The van der Waals surface area contributed by atoms with Crippen LogP contribution in [0, 0.1) is 5.92 Å². The number of aliphatic hydroxyl groups excluding tert-OH is 1. The number of para-hydroxylation sites is 1. The normalized spacial score (nSPS) is 14.4. The van der Waals surface area contributed by atoms with Gasteiger partial charge in [0.15, 0.2) is 11.5 Å². The number of rotatable bonds is 6. The van der Waals surface area contributed by atoms with Crippen LogP contribution in [0.5, 0.6) is 11.5 Å². The molecule has 0 spiro atoms. The molecule has 0 heterocycles. The van der Waals surface area contributed by atoms with Crippen molar-refractivity contribution in [3.63, 3.8) is 0 Å². The topological polar surface area (TPSA) is 58.9 Å². The van der Waals surface area contributed by atoms with Crippen molar-refractivity contribution in [3.8, 4) is 11.5 Å². The number of hydrogen-bond acceptors (Lipinski definition) is 4. The second-order valence-electron chi connectivity index (χ2n) is 4.91. The standard InChI is InChI=1S/C14H22O4/c1-10(2)14(3,16)9-18-13-11(8-15)6-5-7-12(13)17-4/h5-7,10,15-16H,8-9H2,1-4H3. The van der Waals surface area contributed by atoms with E-state index in [-0.39, 0.29) is 19.1 Å². The van der Waals surface area contributed by atoms with Crippen LogP contribution in [-0.2, 0) is 6.61 Å². The van der Waals surface area contributed by atoms with Gasteiger partial charge in [0.2, 0.25) is 0 Å². The quantitative estimate of drug-likeness (QED) is 0.815. The second kappa shape index (κ2) is 6.07. The lowest BCUT2D eigenvalue weighted by molar-refractivity contribution is -0.0276. The highest BCUT2D eigenvalue weighted by Crippen LogP contribution is 2.32. The molecule has 0 aliphatic heterocycles. The van der Waals surface area contributed by atoms with Gasteiger partial charge in [0.25, 0.3) is 0 Å². The smallest absolute Gasteiger partial charge is 0.166 e. The number of ether oxygens (including phenoxy) is 2.